The van der Waals surface area contributed by atoms with Crippen LogP contribution in [0.25, 0.3) is 4.85 Å². The van der Waals surface area contributed by atoms with Crippen LogP contribution in [-0.4, -0.2) is 32.0 Å². The minimum absolute atomic E-state index is 0.0226. The Labute approximate surface area is 185 Å². The summed E-state index contributed by atoms with van der Waals surface area (Å²) < 4.78 is 16.1. The lowest BCUT2D eigenvalue weighted by molar-refractivity contribution is 0.177. The predicted octanol–water partition coefficient (Wildman–Crippen LogP) is 4.62. The summed E-state index contributed by atoms with van der Waals surface area (Å²) in [5.74, 6) is 0.842. The molecule has 6 nitrogen and oxygen atoms in total. The van der Waals surface area contributed by atoms with Gasteiger partial charge in [0, 0.05) is 13.1 Å². The van der Waals surface area contributed by atoms with Crippen molar-refractivity contribution in [3.63, 3.8) is 0 Å². The second-order valence-electron chi connectivity index (χ2n) is 9.11. The summed E-state index contributed by atoms with van der Waals surface area (Å²) in [6.07, 6.45) is 4.51. The minimum atomic E-state index is -1.15. The molecule has 1 fully saturated rings. The van der Waals surface area contributed by atoms with Gasteiger partial charge in [-0.15, -0.1) is 4.98 Å². The first-order valence-electron chi connectivity index (χ1n) is 10.1. The van der Waals surface area contributed by atoms with Gasteiger partial charge in [0.2, 0.25) is 0 Å². The zero-order valence-electron chi connectivity index (χ0n) is 17.5. The molecule has 1 aromatic carbocycles. The third kappa shape index (κ3) is 3.84. The third-order valence-corrected chi connectivity index (χ3v) is 8.01. The second kappa shape index (κ2) is 7.92. The molecule has 2 aromatic rings. The lowest BCUT2D eigenvalue weighted by Crippen LogP contribution is -2.48. The Bertz CT molecular complexity index is 1020. The lowest BCUT2D eigenvalue weighted by Gasteiger charge is -2.44. The van der Waals surface area contributed by atoms with Crippen LogP contribution in [-0.2, 0) is 17.4 Å². The standard InChI is InChI=1S/C22H26ClN5OS/c1-21(2,3)30(29)27-18-16-8-6-5-7-15(16)13-22(18)9-11-28(12-10-22)17-14-25-20(24-4)19(23)26-17/h5-8,14,18,27H,9-13H2,1-3H3/t18-,30-/m1/s1. The molecule has 1 aliphatic carbocycles. The second-order valence-corrected chi connectivity index (χ2v) is 11.5. The van der Waals surface area contributed by atoms with Crippen molar-refractivity contribution in [1.82, 2.24) is 14.7 Å². The number of halogens is 1. The number of hydrogen-bond donors (Lipinski definition) is 1. The summed E-state index contributed by atoms with van der Waals surface area (Å²) in [5.41, 5.74) is 2.64. The van der Waals surface area contributed by atoms with E-state index in [2.05, 4.69) is 48.7 Å². The van der Waals surface area contributed by atoms with Gasteiger partial charge in [-0.2, -0.15) is 0 Å². The van der Waals surface area contributed by atoms with Crippen LogP contribution in [0.5, 0.6) is 0 Å². The molecule has 8 heteroatoms. The molecule has 4 rings (SSSR count). The van der Waals surface area contributed by atoms with E-state index < -0.39 is 11.0 Å². The maximum Gasteiger partial charge on any atom is 0.307 e. The Morgan fingerprint density at radius 1 is 1.30 bits per heavy atom. The molecule has 1 saturated heterocycles. The molecule has 2 atom stereocenters. The quantitative estimate of drug-likeness (QED) is 0.703. The number of anilines is 1. The number of nitrogens with zero attached hydrogens (tertiary/aromatic N) is 4. The minimum Gasteiger partial charge on any atom is -0.358 e. The molecule has 1 aliphatic heterocycles. The van der Waals surface area contributed by atoms with Gasteiger partial charge in [-0.1, -0.05) is 42.4 Å². The number of benzene rings is 1. The van der Waals surface area contributed by atoms with Gasteiger partial charge in [0.15, 0.2) is 17.2 Å². The fourth-order valence-electron chi connectivity index (χ4n) is 4.49. The Hall–Kier alpha value is -2.01. The van der Waals surface area contributed by atoms with Gasteiger partial charge in [-0.25, -0.2) is 13.9 Å². The van der Waals surface area contributed by atoms with Crippen LogP contribution in [0.3, 0.4) is 0 Å². The molecule has 1 N–H and O–H groups in total. The molecule has 2 heterocycles. The molecular formula is C22H26ClN5OS. The Morgan fingerprint density at radius 2 is 2.00 bits per heavy atom. The molecular weight excluding hydrogens is 418 g/mol. The summed E-state index contributed by atoms with van der Waals surface area (Å²) in [5, 5.41) is 0.149. The zero-order valence-corrected chi connectivity index (χ0v) is 19.1. The number of fused-ring (bicyclic) bond motifs is 1. The molecule has 0 unspecified atom stereocenters. The van der Waals surface area contributed by atoms with E-state index in [1.54, 1.807) is 6.20 Å². The summed E-state index contributed by atoms with van der Waals surface area (Å²) in [6.45, 7) is 14.7. The summed E-state index contributed by atoms with van der Waals surface area (Å²) in [6, 6.07) is 8.58. The van der Waals surface area contributed by atoms with Crippen molar-refractivity contribution in [2.45, 2.75) is 50.8 Å². The fourth-order valence-corrected chi connectivity index (χ4v) is 5.61. The SMILES string of the molecule is [C-]#[N+]c1ncc(N2CCC3(CC2)Cc2ccccc2[C@H]3N[S@](=O)C(C)(C)C)nc1Cl. The van der Waals surface area contributed by atoms with Crippen molar-refractivity contribution in [2.24, 2.45) is 5.41 Å². The largest absolute Gasteiger partial charge is 0.358 e. The highest BCUT2D eigenvalue weighted by molar-refractivity contribution is 7.84. The van der Waals surface area contributed by atoms with E-state index >= 15 is 0 Å². The van der Waals surface area contributed by atoms with Crippen LogP contribution in [0.1, 0.15) is 50.8 Å². The number of rotatable bonds is 3. The normalized spacial score (nSPS) is 21.3. The maximum absolute atomic E-state index is 13.0. The number of hydrogen-bond acceptors (Lipinski definition) is 4. The summed E-state index contributed by atoms with van der Waals surface area (Å²) in [7, 11) is -1.15. The van der Waals surface area contributed by atoms with Crippen LogP contribution in [0, 0.1) is 12.0 Å². The summed E-state index contributed by atoms with van der Waals surface area (Å²) in [4.78, 5) is 14.0. The topological polar surface area (TPSA) is 62.5 Å². The fraction of sp³-hybridized carbons (Fsp3) is 0.500. The first-order valence-corrected chi connectivity index (χ1v) is 11.7. The highest BCUT2D eigenvalue weighted by Crippen LogP contribution is 2.52. The molecule has 30 heavy (non-hydrogen) atoms. The van der Waals surface area contributed by atoms with Crippen LogP contribution >= 0.6 is 11.6 Å². The molecule has 0 amide bonds. The van der Waals surface area contributed by atoms with E-state index in [0.717, 1.165) is 32.4 Å². The molecule has 2 aliphatic rings. The number of nitrogens with one attached hydrogen (secondary N) is 1. The first-order chi connectivity index (χ1) is 14.2. The van der Waals surface area contributed by atoms with E-state index in [1.165, 1.54) is 11.1 Å². The summed E-state index contributed by atoms with van der Waals surface area (Å²) >= 11 is 6.10. The van der Waals surface area contributed by atoms with Gasteiger partial charge < -0.3 is 9.74 Å². The number of piperidine rings is 1. The zero-order chi connectivity index (χ0) is 21.5. The van der Waals surface area contributed by atoms with Crippen molar-refractivity contribution in [3.05, 3.63) is 58.2 Å². The molecule has 0 radical (unpaired) electrons. The first kappa shape index (κ1) is 21.2. The Kier molecular flexibility index (Phi) is 5.60. The highest BCUT2D eigenvalue weighted by atomic mass is 35.5. The van der Waals surface area contributed by atoms with Crippen molar-refractivity contribution in [2.75, 3.05) is 18.0 Å². The van der Waals surface area contributed by atoms with E-state index in [-0.39, 0.29) is 27.2 Å². The van der Waals surface area contributed by atoms with Crippen molar-refractivity contribution < 1.29 is 4.21 Å². The van der Waals surface area contributed by atoms with Crippen molar-refractivity contribution in [1.29, 1.82) is 0 Å². The highest BCUT2D eigenvalue weighted by Gasteiger charge is 2.48. The smallest absolute Gasteiger partial charge is 0.307 e. The van der Waals surface area contributed by atoms with E-state index in [9.17, 15) is 4.21 Å². The van der Waals surface area contributed by atoms with Crippen LogP contribution in [0.4, 0.5) is 11.6 Å². The molecule has 0 saturated carbocycles. The van der Waals surface area contributed by atoms with Gasteiger partial charge >= 0.3 is 5.82 Å². The van der Waals surface area contributed by atoms with Gasteiger partial charge in [-0.05, 0) is 56.6 Å². The third-order valence-electron chi connectivity index (χ3n) is 6.19. The molecule has 0 bridgehead atoms. The predicted molar refractivity (Wildman–Crippen MR) is 121 cm³/mol. The lowest BCUT2D eigenvalue weighted by atomic mass is 9.73. The van der Waals surface area contributed by atoms with Crippen LogP contribution in [0.2, 0.25) is 5.15 Å². The van der Waals surface area contributed by atoms with Crippen molar-refractivity contribution in [3.8, 4) is 0 Å². The Morgan fingerprint density at radius 3 is 2.63 bits per heavy atom. The van der Waals surface area contributed by atoms with E-state index in [4.69, 9.17) is 18.2 Å². The van der Waals surface area contributed by atoms with Crippen molar-refractivity contribution >= 4 is 34.2 Å². The van der Waals surface area contributed by atoms with E-state index in [1.807, 2.05) is 20.8 Å². The maximum atomic E-state index is 13.0. The van der Waals surface area contributed by atoms with Crippen LogP contribution in [0.15, 0.2) is 30.5 Å². The van der Waals surface area contributed by atoms with Gasteiger partial charge in [-0.3, -0.25) is 0 Å². The monoisotopic (exact) mass is 443 g/mol. The Balaban J connectivity index is 1.57. The average Bonchev–Trinajstić information content (AvgIpc) is 3.00. The van der Waals surface area contributed by atoms with Gasteiger partial charge in [0.25, 0.3) is 0 Å². The van der Waals surface area contributed by atoms with Gasteiger partial charge in [0.05, 0.1) is 21.8 Å². The van der Waals surface area contributed by atoms with E-state index in [0.29, 0.717) is 5.82 Å². The molecule has 158 valence electrons. The molecule has 1 spiro atoms. The van der Waals surface area contributed by atoms with Crippen LogP contribution < -0.4 is 9.62 Å². The molecule has 1 aromatic heterocycles. The van der Waals surface area contributed by atoms with Gasteiger partial charge in [0.1, 0.15) is 0 Å². The number of aromatic nitrogens is 2. The average molecular weight is 444 g/mol.